The molecule has 0 aromatic carbocycles. The summed E-state index contributed by atoms with van der Waals surface area (Å²) in [6.45, 7) is 2.63. The van der Waals surface area contributed by atoms with Crippen LogP contribution in [0.2, 0.25) is 5.02 Å². The van der Waals surface area contributed by atoms with E-state index in [4.69, 9.17) is 16.3 Å². The van der Waals surface area contributed by atoms with Crippen LogP contribution in [0, 0.1) is 5.92 Å². The van der Waals surface area contributed by atoms with Gasteiger partial charge in [0.2, 0.25) is 0 Å². The fourth-order valence-electron chi connectivity index (χ4n) is 2.02. The lowest BCUT2D eigenvalue weighted by Gasteiger charge is -2.12. The smallest absolute Gasteiger partial charge is 0.143 e. The minimum Gasteiger partial charge on any atom is -0.378 e. The molecule has 0 saturated carbocycles. The summed E-state index contributed by atoms with van der Waals surface area (Å²) in [5.74, 6) is 0.224. The number of Topliss-reactive ketones (excluding diaryl/α,β-unsaturated/α-hetero) is 1. The zero-order chi connectivity index (χ0) is 11.5. The number of ether oxygens (including phenoxy) is 1. The molecule has 1 aromatic rings. The maximum atomic E-state index is 12.0. The molecule has 0 spiro atoms. The molecule has 0 N–H and O–H groups in total. The van der Waals surface area contributed by atoms with Crippen molar-refractivity contribution in [1.82, 2.24) is 4.98 Å². The summed E-state index contributed by atoms with van der Waals surface area (Å²) in [5.41, 5.74) is 0.848. The van der Waals surface area contributed by atoms with Crippen molar-refractivity contribution < 1.29 is 9.53 Å². The normalized spacial score (nSPS) is 24.6. The van der Waals surface area contributed by atoms with Crippen molar-refractivity contribution in [3.8, 4) is 0 Å². The van der Waals surface area contributed by atoms with Gasteiger partial charge in [-0.1, -0.05) is 11.6 Å². The van der Waals surface area contributed by atoms with Crippen molar-refractivity contribution in [2.75, 3.05) is 6.61 Å². The Labute approximate surface area is 99.8 Å². The zero-order valence-corrected chi connectivity index (χ0v) is 9.91. The lowest BCUT2D eigenvalue weighted by atomic mass is 9.93. The number of carbonyl (C=O) groups excluding carboxylic acids is 1. The van der Waals surface area contributed by atoms with E-state index < -0.39 is 0 Å². The van der Waals surface area contributed by atoms with Crippen molar-refractivity contribution in [2.24, 2.45) is 5.92 Å². The highest BCUT2D eigenvalue weighted by molar-refractivity contribution is 6.31. The standard InChI is InChI=1S/C12H14ClNO2/c1-8-10(3-5-16-8)12(15)6-9-2-4-14-7-11(9)13/h2,4,7-8,10H,3,5-6H2,1H3. The van der Waals surface area contributed by atoms with Gasteiger partial charge in [-0.25, -0.2) is 0 Å². The van der Waals surface area contributed by atoms with E-state index in [9.17, 15) is 4.79 Å². The van der Waals surface area contributed by atoms with Crippen LogP contribution in [-0.4, -0.2) is 23.5 Å². The van der Waals surface area contributed by atoms with Gasteiger partial charge in [-0.2, -0.15) is 0 Å². The first-order valence-corrected chi connectivity index (χ1v) is 5.79. The first-order valence-electron chi connectivity index (χ1n) is 5.41. The lowest BCUT2D eigenvalue weighted by molar-refractivity contribution is -0.123. The van der Waals surface area contributed by atoms with Crippen LogP contribution in [0.15, 0.2) is 18.5 Å². The lowest BCUT2D eigenvalue weighted by Crippen LogP contribution is -2.23. The fraction of sp³-hybridized carbons (Fsp3) is 0.500. The zero-order valence-electron chi connectivity index (χ0n) is 9.15. The highest BCUT2D eigenvalue weighted by atomic mass is 35.5. The third-order valence-corrected chi connectivity index (χ3v) is 3.35. The van der Waals surface area contributed by atoms with Crippen LogP contribution in [0.5, 0.6) is 0 Å². The first-order chi connectivity index (χ1) is 7.68. The molecular formula is C12H14ClNO2. The summed E-state index contributed by atoms with van der Waals surface area (Å²) in [6, 6.07) is 1.79. The molecule has 1 aromatic heterocycles. The minimum absolute atomic E-state index is 0.0178. The second kappa shape index (κ2) is 4.93. The fourth-order valence-corrected chi connectivity index (χ4v) is 2.21. The number of halogens is 1. The Hall–Kier alpha value is -0.930. The maximum Gasteiger partial charge on any atom is 0.143 e. The predicted molar refractivity (Wildman–Crippen MR) is 61.5 cm³/mol. The van der Waals surface area contributed by atoms with Gasteiger partial charge in [-0.15, -0.1) is 0 Å². The number of carbonyl (C=O) groups is 1. The van der Waals surface area contributed by atoms with Crippen LogP contribution in [0.25, 0.3) is 0 Å². The van der Waals surface area contributed by atoms with E-state index in [1.807, 2.05) is 6.92 Å². The van der Waals surface area contributed by atoms with Gasteiger partial charge in [0.15, 0.2) is 0 Å². The van der Waals surface area contributed by atoms with Crippen molar-refractivity contribution >= 4 is 17.4 Å². The van der Waals surface area contributed by atoms with Gasteiger partial charge in [0, 0.05) is 31.3 Å². The molecule has 0 bridgehead atoms. The third-order valence-electron chi connectivity index (χ3n) is 3.01. The molecule has 0 aliphatic carbocycles. The molecule has 2 unspecified atom stereocenters. The Bertz CT molecular complexity index is 394. The van der Waals surface area contributed by atoms with Crippen LogP contribution in [0.1, 0.15) is 18.9 Å². The molecule has 0 radical (unpaired) electrons. The maximum absolute atomic E-state index is 12.0. The summed E-state index contributed by atoms with van der Waals surface area (Å²) < 4.78 is 5.39. The summed E-state index contributed by atoms with van der Waals surface area (Å²) in [6.07, 6.45) is 4.46. The average Bonchev–Trinajstić information content (AvgIpc) is 2.68. The van der Waals surface area contributed by atoms with Crippen LogP contribution in [0.3, 0.4) is 0 Å². The van der Waals surface area contributed by atoms with Crippen LogP contribution >= 0.6 is 11.6 Å². The van der Waals surface area contributed by atoms with Gasteiger partial charge in [-0.3, -0.25) is 9.78 Å². The molecular weight excluding hydrogens is 226 g/mol. The van der Waals surface area contributed by atoms with E-state index in [1.54, 1.807) is 18.5 Å². The van der Waals surface area contributed by atoms with Gasteiger partial charge in [-0.05, 0) is 25.0 Å². The van der Waals surface area contributed by atoms with Gasteiger partial charge in [0.05, 0.1) is 11.1 Å². The van der Waals surface area contributed by atoms with Crippen LogP contribution in [0.4, 0.5) is 0 Å². The molecule has 16 heavy (non-hydrogen) atoms. The Kier molecular flexibility index (Phi) is 3.56. The van der Waals surface area contributed by atoms with E-state index in [0.29, 0.717) is 18.1 Å². The molecule has 1 fully saturated rings. The molecule has 2 atom stereocenters. The quantitative estimate of drug-likeness (QED) is 0.812. The molecule has 4 heteroatoms. The van der Waals surface area contributed by atoms with E-state index in [1.165, 1.54) is 0 Å². The van der Waals surface area contributed by atoms with E-state index in [2.05, 4.69) is 4.98 Å². The van der Waals surface area contributed by atoms with Crippen LogP contribution < -0.4 is 0 Å². The molecule has 0 amide bonds. The number of rotatable bonds is 3. The second-order valence-electron chi connectivity index (χ2n) is 4.08. The highest BCUT2D eigenvalue weighted by Gasteiger charge is 2.30. The number of hydrogen-bond acceptors (Lipinski definition) is 3. The second-order valence-corrected chi connectivity index (χ2v) is 4.49. The number of hydrogen-bond donors (Lipinski definition) is 0. The van der Waals surface area contributed by atoms with Crippen LogP contribution in [-0.2, 0) is 16.0 Å². The summed E-state index contributed by atoms with van der Waals surface area (Å²) in [4.78, 5) is 15.9. The first kappa shape index (κ1) is 11.6. The van der Waals surface area contributed by atoms with E-state index in [0.717, 1.165) is 12.0 Å². The number of nitrogens with zero attached hydrogens (tertiary/aromatic N) is 1. The summed E-state index contributed by atoms with van der Waals surface area (Å²) in [5, 5.41) is 0.558. The predicted octanol–water partition coefficient (Wildman–Crippen LogP) is 2.27. The third kappa shape index (κ3) is 2.42. The highest BCUT2D eigenvalue weighted by Crippen LogP contribution is 2.24. The molecule has 1 aliphatic heterocycles. The Morgan fingerprint density at radius 1 is 1.69 bits per heavy atom. The SMILES string of the molecule is CC1OCCC1C(=O)Cc1ccncc1Cl. The summed E-state index contributed by atoms with van der Waals surface area (Å²) in [7, 11) is 0. The molecule has 2 heterocycles. The number of aromatic nitrogens is 1. The van der Waals surface area contributed by atoms with Gasteiger partial charge < -0.3 is 4.74 Å². The molecule has 3 nitrogen and oxygen atoms in total. The number of ketones is 1. The van der Waals surface area contributed by atoms with E-state index in [-0.39, 0.29) is 17.8 Å². The van der Waals surface area contributed by atoms with Gasteiger partial charge >= 0.3 is 0 Å². The average molecular weight is 240 g/mol. The van der Waals surface area contributed by atoms with Gasteiger partial charge in [0.25, 0.3) is 0 Å². The van der Waals surface area contributed by atoms with Crippen molar-refractivity contribution in [3.63, 3.8) is 0 Å². The van der Waals surface area contributed by atoms with Crippen molar-refractivity contribution in [3.05, 3.63) is 29.0 Å². The van der Waals surface area contributed by atoms with E-state index >= 15 is 0 Å². The minimum atomic E-state index is 0.0178. The largest absolute Gasteiger partial charge is 0.378 e. The summed E-state index contributed by atoms with van der Waals surface area (Å²) >= 11 is 5.97. The molecule has 2 rings (SSSR count). The van der Waals surface area contributed by atoms with Crippen molar-refractivity contribution in [1.29, 1.82) is 0 Å². The Morgan fingerprint density at radius 3 is 3.12 bits per heavy atom. The van der Waals surface area contributed by atoms with Crippen molar-refractivity contribution in [2.45, 2.75) is 25.9 Å². The van der Waals surface area contributed by atoms with Gasteiger partial charge in [0.1, 0.15) is 5.78 Å². The number of pyridine rings is 1. The Morgan fingerprint density at radius 2 is 2.50 bits per heavy atom. The monoisotopic (exact) mass is 239 g/mol. The molecule has 86 valence electrons. The molecule has 1 saturated heterocycles. The Balaban J connectivity index is 2.05. The topological polar surface area (TPSA) is 39.2 Å². The molecule has 1 aliphatic rings.